The lowest BCUT2D eigenvalue weighted by Crippen LogP contribution is -2.32. The van der Waals surface area contributed by atoms with Crippen LogP contribution in [0.5, 0.6) is 0 Å². The Morgan fingerprint density at radius 2 is 2.33 bits per heavy atom. The molecule has 1 aliphatic heterocycles. The van der Waals surface area contributed by atoms with Crippen LogP contribution < -0.4 is 5.32 Å². The van der Waals surface area contributed by atoms with Crippen molar-refractivity contribution < 1.29 is 4.74 Å². The molecule has 0 aromatic carbocycles. The summed E-state index contributed by atoms with van der Waals surface area (Å²) < 4.78 is 7.68. The molecular weight excluding hydrogens is 192 g/mol. The first kappa shape index (κ1) is 10.6. The second-order valence-electron chi connectivity index (χ2n) is 3.75. The van der Waals surface area contributed by atoms with Crippen molar-refractivity contribution in [2.45, 2.75) is 39.0 Å². The Balaban J connectivity index is 1.81. The van der Waals surface area contributed by atoms with Gasteiger partial charge < -0.3 is 10.1 Å². The molecule has 1 N–H and O–H groups in total. The lowest BCUT2D eigenvalue weighted by Gasteiger charge is -2.22. The average molecular weight is 210 g/mol. The van der Waals surface area contributed by atoms with Crippen molar-refractivity contribution in [2.75, 3.05) is 13.1 Å². The monoisotopic (exact) mass is 210 g/mol. The molecule has 2 heterocycles. The predicted molar refractivity (Wildman–Crippen MR) is 56.4 cm³/mol. The molecule has 0 radical (unpaired) electrons. The quantitative estimate of drug-likeness (QED) is 0.789. The lowest BCUT2D eigenvalue weighted by molar-refractivity contribution is 0.0161. The Hall–Kier alpha value is -0.940. The van der Waals surface area contributed by atoms with Gasteiger partial charge in [0.25, 0.3) is 0 Å². The highest BCUT2D eigenvalue weighted by molar-refractivity contribution is 4.81. The van der Waals surface area contributed by atoms with Gasteiger partial charge in [-0.2, -0.15) is 5.10 Å². The molecular formula is C10H18N4O. The van der Waals surface area contributed by atoms with E-state index in [9.17, 15) is 0 Å². The highest BCUT2D eigenvalue weighted by atomic mass is 16.5. The lowest BCUT2D eigenvalue weighted by atomic mass is 10.1. The first-order valence-electron chi connectivity index (χ1n) is 5.59. The second-order valence-corrected chi connectivity index (χ2v) is 3.75. The van der Waals surface area contributed by atoms with Crippen molar-refractivity contribution in [1.29, 1.82) is 0 Å². The fourth-order valence-corrected chi connectivity index (χ4v) is 1.82. The molecule has 1 aromatic heterocycles. The fraction of sp³-hybridized carbons (Fsp3) is 0.800. The van der Waals surface area contributed by atoms with Gasteiger partial charge in [-0.1, -0.05) is 0 Å². The molecule has 0 spiro atoms. The highest BCUT2D eigenvalue weighted by Crippen LogP contribution is 2.09. The Bertz CT molecular complexity index is 293. The van der Waals surface area contributed by atoms with Crippen LogP contribution in [0.4, 0.5) is 0 Å². The molecule has 0 amide bonds. The third kappa shape index (κ3) is 2.76. The van der Waals surface area contributed by atoms with Gasteiger partial charge in [-0.3, -0.25) is 0 Å². The smallest absolute Gasteiger partial charge is 0.152 e. The number of nitrogens with one attached hydrogen (secondary N) is 1. The van der Waals surface area contributed by atoms with E-state index in [1.54, 1.807) is 6.33 Å². The number of ether oxygens (including phenoxy) is 1. The Morgan fingerprint density at radius 3 is 3.07 bits per heavy atom. The van der Waals surface area contributed by atoms with E-state index in [2.05, 4.69) is 22.3 Å². The van der Waals surface area contributed by atoms with Gasteiger partial charge in [0.1, 0.15) is 12.9 Å². The molecule has 5 nitrogen and oxygen atoms in total. The van der Waals surface area contributed by atoms with E-state index in [0.717, 1.165) is 38.3 Å². The maximum absolute atomic E-state index is 5.81. The summed E-state index contributed by atoms with van der Waals surface area (Å²) in [6, 6.07) is 0. The van der Waals surface area contributed by atoms with Gasteiger partial charge in [0.2, 0.25) is 0 Å². The summed E-state index contributed by atoms with van der Waals surface area (Å²) >= 11 is 0. The summed E-state index contributed by atoms with van der Waals surface area (Å²) in [4.78, 5) is 4.18. The minimum atomic E-state index is 0.383. The maximum atomic E-state index is 5.81. The number of hydrogen-bond donors (Lipinski definition) is 1. The van der Waals surface area contributed by atoms with Crippen LogP contribution in [-0.4, -0.2) is 34.0 Å². The van der Waals surface area contributed by atoms with E-state index in [1.807, 2.05) is 4.68 Å². The van der Waals surface area contributed by atoms with Crippen molar-refractivity contribution >= 4 is 0 Å². The summed E-state index contributed by atoms with van der Waals surface area (Å²) in [5.74, 6) is 0.927. The molecule has 15 heavy (non-hydrogen) atoms. The second kappa shape index (κ2) is 5.23. The van der Waals surface area contributed by atoms with E-state index in [4.69, 9.17) is 4.74 Å². The molecule has 1 aliphatic rings. The van der Waals surface area contributed by atoms with Crippen molar-refractivity contribution in [3.63, 3.8) is 0 Å². The van der Waals surface area contributed by atoms with Crippen molar-refractivity contribution in [3.05, 3.63) is 12.2 Å². The summed E-state index contributed by atoms with van der Waals surface area (Å²) in [7, 11) is 0. The van der Waals surface area contributed by atoms with E-state index in [0.29, 0.717) is 12.7 Å². The summed E-state index contributed by atoms with van der Waals surface area (Å²) in [6.45, 7) is 5.61. The summed E-state index contributed by atoms with van der Waals surface area (Å²) in [5, 5.41) is 7.43. The Kier molecular flexibility index (Phi) is 3.69. The van der Waals surface area contributed by atoms with Gasteiger partial charge in [-0.05, 0) is 32.9 Å². The summed E-state index contributed by atoms with van der Waals surface area (Å²) in [5.41, 5.74) is 0. The molecule has 1 aromatic rings. The number of hydrogen-bond acceptors (Lipinski definition) is 4. The minimum absolute atomic E-state index is 0.383. The van der Waals surface area contributed by atoms with Gasteiger partial charge in [0.15, 0.2) is 5.82 Å². The number of aromatic nitrogens is 3. The van der Waals surface area contributed by atoms with Crippen LogP contribution in [0.15, 0.2) is 6.33 Å². The molecule has 0 saturated carbocycles. The first-order valence-corrected chi connectivity index (χ1v) is 5.59. The number of aryl methyl sites for hydroxylation is 1. The first-order chi connectivity index (χ1) is 7.40. The predicted octanol–water partition coefficient (Wildman–Crippen LogP) is 0.567. The molecule has 0 unspecified atom stereocenters. The van der Waals surface area contributed by atoms with Crippen LogP contribution in [-0.2, 0) is 17.9 Å². The SMILES string of the molecule is CCn1ncnc1COC1CCNCC1. The fourth-order valence-electron chi connectivity index (χ4n) is 1.82. The van der Waals surface area contributed by atoms with Crippen LogP contribution >= 0.6 is 0 Å². The zero-order chi connectivity index (χ0) is 10.5. The van der Waals surface area contributed by atoms with E-state index >= 15 is 0 Å². The molecule has 0 atom stereocenters. The average Bonchev–Trinajstić information content (AvgIpc) is 2.75. The van der Waals surface area contributed by atoms with E-state index in [1.165, 1.54) is 0 Å². The zero-order valence-electron chi connectivity index (χ0n) is 9.15. The van der Waals surface area contributed by atoms with Gasteiger partial charge >= 0.3 is 0 Å². The highest BCUT2D eigenvalue weighted by Gasteiger charge is 2.14. The van der Waals surface area contributed by atoms with Crippen LogP contribution in [0.2, 0.25) is 0 Å². The van der Waals surface area contributed by atoms with Crippen molar-refractivity contribution in [2.24, 2.45) is 0 Å². The van der Waals surface area contributed by atoms with Crippen molar-refractivity contribution in [3.8, 4) is 0 Å². The van der Waals surface area contributed by atoms with Crippen LogP contribution in [0.25, 0.3) is 0 Å². The van der Waals surface area contributed by atoms with Gasteiger partial charge in [0.05, 0.1) is 6.10 Å². The standard InChI is InChI=1S/C10H18N4O/c1-2-14-10(12-8-13-14)7-15-9-3-5-11-6-4-9/h8-9,11H,2-7H2,1H3. The number of piperidine rings is 1. The largest absolute Gasteiger partial charge is 0.370 e. The number of nitrogens with zero attached hydrogens (tertiary/aromatic N) is 3. The molecule has 0 bridgehead atoms. The molecule has 1 fully saturated rings. The van der Waals surface area contributed by atoms with Crippen LogP contribution in [0.1, 0.15) is 25.6 Å². The minimum Gasteiger partial charge on any atom is -0.370 e. The molecule has 1 saturated heterocycles. The molecule has 84 valence electrons. The Labute approximate surface area is 89.8 Å². The summed E-state index contributed by atoms with van der Waals surface area (Å²) in [6.07, 6.45) is 4.17. The van der Waals surface area contributed by atoms with Crippen molar-refractivity contribution in [1.82, 2.24) is 20.1 Å². The molecule has 2 rings (SSSR count). The maximum Gasteiger partial charge on any atom is 0.152 e. The topological polar surface area (TPSA) is 52.0 Å². The van der Waals surface area contributed by atoms with Gasteiger partial charge in [-0.15, -0.1) is 0 Å². The van der Waals surface area contributed by atoms with Crippen LogP contribution in [0.3, 0.4) is 0 Å². The molecule has 5 heteroatoms. The number of rotatable bonds is 4. The van der Waals surface area contributed by atoms with E-state index < -0.39 is 0 Å². The normalized spacial score (nSPS) is 18.2. The Morgan fingerprint density at radius 1 is 1.53 bits per heavy atom. The van der Waals surface area contributed by atoms with Gasteiger partial charge in [0, 0.05) is 6.54 Å². The van der Waals surface area contributed by atoms with E-state index in [-0.39, 0.29) is 0 Å². The molecule has 0 aliphatic carbocycles. The van der Waals surface area contributed by atoms with Crippen LogP contribution in [0, 0.1) is 0 Å². The van der Waals surface area contributed by atoms with Gasteiger partial charge in [-0.25, -0.2) is 9.67 Å². The zero-order valence-corrected chi connectivity index (χ0v) is 9.15. The third-order valence-corrected chi connectivity index (χ3v) is 2.73. The third-order valence-electron chi connectivity index (χ3n) is 2.73.